The van der Waals surface area contributed by atoms with E-state index in [9.17, 15) is 9.59 Å². The second kappa shape index (κ2) is 5.18. The highest BCUT2D eigenvalue weighted by atomic mass is 16.2. The van der Waals surface area contributed by atoms with E-state index in [1.165, 1.54) is 11.1 Å². The quantitative estimate of drug-likeness (QED) is 0.685. The van der Waals surface area contributed by atoms with Gasteiger partial charge in [-0.15, -0.1) is 0 Å². The maximum atomic E-state index is 11.9. The van der Waals surface area contributed by atoms with Gasteiger partial charge >= 0.3 is 0 Å². The average Bonchev–Trinajstić information content (AvgIpc) is 2.37. The van der Waals surface area contributed by atoms with Gasteiger partial charge in [0.2, 0.25) is 11.8 Å². The third-order valence-electron chi connectivity index (χ3n) is 3.18. The van der Waals surface area contributed by atoms with Crippen LogP contribution in [-0.2, 0) is 22.6 Å². The molecule has 0 saturated carbocycles. The van der Waals surface area contributed by atoms with E-state index in [-0.39, 0.29) is 11.9 Å². The van der Waals surface area contributed by atoms with Gasteiger partial charge in [0.05, 0.1) is 6.04 Å². The van der Waals surface area contributed by atoms with Crippen molar-refractivity contribution in [2.45, 2.75) is 32.0 Å². The van der Waals surface area contributed by atoms with E-state index < -0.39 is 11.9 Å². The summed E-state index contributed by atoms with van der Waals surface area (Å²) in [7, 11) is 0. The lowest BCUT2D eigenvalue weighted by atomic mass is 9.95. The van der Waals surface area contributed by atoms with Crippen LogP contribution in [0.4, 0.5) is 0 Å². The van der Waals surface area contributed by atoms with Crippen LogP contribution in [0.2, 0.25) is 0 Å². The zero-order valence-electron chi connectivity index (χ0n) is 10.3. The number of carbonyl (C=O) groups is 2. The largest absolute Gasteiger partial charge is 0.368 e. The van der Waals surface area contributed by atoms with E-state index in [4.69, 9.17) is 5.73 Å². The second-order valence-corrected chi connectivity index (χ2v) is 4.54. The number of nitrogens with one attached hydrogen (secondary N) is 2. The molecule has 2 amide bonds. The summed E-state index contributed by atoms with van der Waals surface area (Å²) in [5.74, 6) is -0.713. The van der Waals surface area contributed by atoms with Gasteiger partial charge in [0.15, 0.2) is 0 Å². The van der Waals surface area contributed by atoms with Crippen molar-refractivity contribution in [3.63, 3.8) is 0 Å². The highest BCUT2D eigenvalue weighted by Gasteiger charge is 2.25. The van der Waals surface area contributed by atoms with Crippen molar-refractivity contribution in [3.8, 4) is 0 Å². The first-order chi connectivity index (χ1) is 8.58. The Morgan fingerprint density at radius 2 is 2.06 bits per heavy atom. The van der Waals surface area contributed by atoms with E-state index in [0.717, 1.165) is 0 Å². The molecule has 4 N–H and O–H groups in total. The minimum atomic E-state index is -0.642. The Hall–Kier alpha value is -1.88. The van der Waals surface area contributed by atoms with Crippen LogP contribution in [0.1, 0.15) is 18.1 Å². The molecule has 0 aliphatic carbocycles. The summed E-state index contributed by atoms with van der Waals surface area (Å²) in [5.41, 5.74) is 7.50. The second-order valence-electron chi connectivity index (χ2n) is 4.54. The number of amides is 2. The van der Waals surface area contributed by atoms with Crippen molar-refractivity contribution in [2.24, 2.45) is 5.73 Å². The van der Waals surface area contributed by atoms with Gasteiger partial charge in [-0.05, 0) is 24.5 Å². The van der Waals surface area contributed by atoms with Crippen LogP contribution >= 0.6 is 0 Å². The summed E-state index contributed by atoms with van der Waals surface area (Å²) in [5, 5.41) is 5.76. The molecule has 18 heavy (non-hydrogen) atoms. The van der Waals surface area contributed by atoms with Gasteiger partial charge in [0.25, 0.3) is 0 Å². The minimum absolute atomic E-state index is 0.184. The predicted molar refractivity (Wildman–Crippen MR) is 67.6 cm³/mol. The standard InChI is InChI=1S/C13H17N3O2/c1-8(12(14)17)16-13(18)11-6-9-4-2-3-5-10(9)7-15-11/h2-5,8,11,15H,6-7H2,1H3,(H2,14,17)(H,16,18)/t8?,11-/m1/s1. The molecule has 1 aromatic rings. The topological polar surface area (TPSA) is 84.2 Å². The number of primary amides is 1. The molecular weight excluding hydrogens is 230 g/mol. The molecule has 2 atom stereocenters. The van der Waals surface area contributed by atoms with Crippen LogP contribution in [0.15, 0.2) is 24.3 Å². The van der Waals surface area contributed by atoms with Crippen LogP contribution in [-0.4, -0.2) is 23.9 Å². The van der Waals surface area contributed by atoms with Gasteiger partial charge in [-0.1, -0.05) is 24.3 Å². The van der Waals surface area contributed by atoms with E-state index in [2.05, 4.69) is 10.6 Å². The summed E-state index contributed by atoms with van der Waals surface area (Å²) in [4.78, 5) is 22.8. The first-order valence-electron chi connectivity index (χ1n) is 5.98. The number of carbonyl (C=O) groups excluding carboxylic acids is 2. The molecule has 1 aliphatic rings. The third-order valence-corrected chi connectivity index (χ3v) is 3.18. The van der Waals surface area contributed by atoms with Crippen LogP contribution in [0.25, 0.3) is 0 Å². The first-order valence-corrected chi connectivity index (χ1v) is 5.98. The maximum Gasteiger partial charge on any atom is 0.239 e. The normalized spacial score (nSPS) is 19.7. The fraction of sp³-hybridized carbons (Fsp3) is 0.385. The molecule has 5 nitrogen and oxygen atoms in total. The van der Waals surface area contributed by atoms with Gasteiger partial charge in [0, 0.05) is 6.54 Å². The molecular formula is C13H17N3O2. The lowest BCUT2D eigenvalue weighted by molar-refractivity contribution is -0.128. The van der Waals surface area contributed by atoms with Gasteiger partial charge < -0.3 is 16.4 Å². The molecule has 0 saturated heterocycles. The Bertz CT molecular complexity index is 473. The summed E-state index contributed by atoms with van der Waals surface area (Å²) in [6.07, 6.45) is 0.632. The number of fused-ring (bicyclic) bond motifs is 1. The molecule has 1 aromatic carbocycles. The Balaban J connectivity index is 2.00. The lowest BCUT2D eigenvalue weighted by Gasteiger charge is -2.26. The molecule has 0 bridgehead atoms. The fourth-order valence-electron chi connectivity index (χ4n) is 2.02. The number of nitrogens with two attached hydrogens (primary N) is 1. The Morgan fingerprint density at radius 1 is 1.39 bits per heavy atom. The van der Waals surface area contributed by atoms with E-state index >= 15 is 0 Å². The average molecular weight is 247 g/mol. The minimum Gasteiger partial charge on any atom is -0.368 e. The molecule has 5 heteroatoms. The molecule has 0 aromatic heterocycles. The van der Waals surface area contributed by atoms with E-state index in [1.54, 1.807) is 6.92 Å². The van der Waals surface area contributed by atoms with Crippen LogP contribution < -0.4 is 16.4 Å². The number of hydrogen-bond acceptors (Lipinski definition) is 3. The SMILES string of the molecule is CC(NC(=O)[C@H]1Cc2ccccc2CN1)C(N)=O. The molecule has 1 unspecified atom stereocenters. The Kier molecular flexibility index (Phi) is 3.62. The van der Waals surface area contributed by atoms with Crippen molar-refractivity contribution in [1.29, 1.82) is 0 Å². The van der Waals surface area contributed by atoms with Crippen molar-refractivity contribution in [1.82, 2.24) is 10.6 Å². The molecule has 0 fully saturated rings. The van der Waals surface area contributed by atoms with Gasteiger partial charge in [0.1, 0.15) is 6.04 Å². The van der Waals surface area contributed by atoms with Crippen molar-refractivity contribution in [2.75, 3.05) is 0 Å². The predicted octanol–water partition coefficient (Wildman–Crippen LogP) is -0.309. The molecule has 1 heterocycles. The third kappa shape index (κ3) is 2.68. The molecule has 0 radical (unpaired) electrons. The molecule has 0 spiro atoms. The van der Waals surface area contributed by atoms with Gasteiger partial charge in [-0.25, -0.2) is 0 Å². The zero-order valence-corrected chi connectivity index (χ0v) is 10.3. The fourth-order valence-corrected chi connectivity index (χ4v) is 2.02. The molecule has 1 aliphatic heterocycles. The lowest BCUT2D eigenvalue weighted by Crippen LogP contribution is -2.52. The molecule has 96 valence electrons. The van der Waals surface area contributed by atoms with Crippen molar-refractivity contribution in [3.05, 3.63) is 35.4 Å². The summed E-state index contributed by atoms with van der Waals surface area (Å²) >= 11 is 0. The first kappa shape index (κ1) is 12.6. The Morgan fingerprint density at radius 3 is 2.72 bits per heavy atom. The van der Waals surface area contributed by atoms with Gasteiger partial charge in [-0.2, -0.15) is 0 Å². The zero-order chi connectivity index (χ0) is 13.1. The van der Waals surface area contributed by atoms with Crippen molar-refractivity contribution >= 4 is 11.8 Å². The van der Waals surface area contributed by atoms with Crippen LogP contribution in [0, 0.1) is 0 Å². The summed E-state index contributed by atoms with van der Waals surface area (Å²) < 4.78 is 0. The smallest absolute Gasteiger partial charge is 0.239 e. The maximum absolute atomic E-state index is 11.9. The van der Waals surface area contributed by atoms with E-state index in [1.807, 2.05) is 24.3 Å². The highest BCUT2D eigenvalue weighted by Crippen LogP contribution is 2.16. The van der Waals surface area contributed by atoms with Crippen LogP contribution in [0.3, 0.4) is 0 Å². The molecule has 2 rings (SSSR count). The number of hydrogen-bond donors (Lipinski definition) is 3. The highest BCUT2D eigenvalue weighted by molar-refractivity contribution is 5.89. The van der Waals surface area contributed by atoms with Crippen LogP contribution in [0.5, 0.6) is 0 Å². The van der Waals surface area contributed by atoms with Gasteiger partial charge in [-0.3, -0.25) is 9.59 Å². The summed E-state index contributed by atoms with van der Waals surface area (Å²) in [6.45, 7) is 2.25. The monoisotopic (exact) mass is 247 g/mol. The Labute approximate surface area is 106 Å². The van der Waals surface area contributed by atoms with E-state index in [0.29, 0.717) is 13.0 Å². The summed E-state index contributed by atoms with van der Waals surface area (Å²) in [6, 6.07) is 7.07. The number of benzene rings is 1. The van der Waals surface area contributed by atoms with Crippen molar-refractivity contribution < 1.29 is 9.59 Å². The number of rotatable bonds is 3.